The summed E-state index contributed by atoms with van der Waals surface area (Å²) in [7, 11) is 0. The third-order valence-electron chi connectivity index (χ3n) is 4.79. The average molecular weight is 357 g/mol. The minimum atomic E-state index is 0.687. The van der Waals surface area contributed by atoms with Gasteiger partial charge in [-0.15, -0.1) is 11.3 Å². The highest BCUT2D eigenvalue weighted by Crippen LogP contribution is 2.27. The molecule has 2 unspecified atom stereocenters. The van der Waals surface area contributed by atoms with E-state index in [0.717, 1.165) is 24.7 Å². The Balaban J connectivity index is 1.60. The predicted octanol–water partition coefficient (Wildman–Crippen LogP) is 4.07. The number of hydrogen-bond donors (Lipinski definition) is 3. The van der Waals surface area contributed by atoms with Crippen molar-refractivity contribution >= 4 is 23.0 Å². The van der Waals surface area contributed by atoms with Crippen molar-refractivity contribution in [3.8, 4) is 0 Å². The maximum absolute atomic E-state index is 5.87. The summed E-state index contributed by atoms with van der Waals surface area (Å²) in [6, 6.07) is 14.4. The van der Waals surface area contributed by atoms with Crippen molar-refractivity contribution in [3.63, 3.8) is 0 Å². The number of aliphatic imine (C=N–C) groups is 1. The number of para-hydroxylation sites is 1. The van der Waals surface area contributed by atoms with Crippen LogP contribution in [0, 0.1) is 11.8 Å². The molecule has 4 nitrogen and oxygen atoms in total. The Morgan fingerprint density at radius 2 is 1.96 bits per heavy atom. The lowest BCUT2D eigenvalue weighted by Crippen LogP contribution is -2.37. The van der Waals surface area contributed by atoms with Crippen LogP contribution in [0.5, 0.6) is 0 Å². The third-order valence-corrected chi connectivity index (χ3v) is 5.65. The van der Waals surface area contributed by atoms with Gasteiger partial charge in [0, 0.05) is 17.1 Å². The fraction of sp³-hybridized carbons (Fsp3) is 0.450. The van der Waals surface area contributed by atoms with Crippen LogP contribution in [0.15, 0.2) is 52.8 Å². The molecule has 134 valence electrons. The highest BCUT2D eigenvalue weighted by atomic mass is 32.1. The molecular formula is C20H28N4S. The summed E-state index contributed by atoms with van der Waals surface area (Å²) in [5, 5.41) is 9.07. The van der Waals surface area contributed by atoms with Gasteiger partial charge in [0.2, 0.25) is 0 Å². The molecule has 1 aromatic carbocycles. The molecule has 0 spiro atoms. The van der Waals surface area contributed by atoms with Gasteiger partial charge < -0.3 is 16.4 Å². The molecule has 1 aliphatic rings. The van der Waals surface area contributed by atoms with Crippen LogP contribution in [0.3, 0.4) is 0 Å². The molecule has 1 saturated carbocycles. The molecule has 0 bridgehead atoms. The Morgan fingerprint density at radius 1 is 1.12 bits per heavy atom. The molecule has 25 heavy (non-hydrogen) atoms. The number of hydrogen-bond acceptors (Lipinski definition) is 3. The van der Waals surface area contributed by atoms with E-state index < -0.39 is 0 Å². The van der Waals surface area contributed by atoms with Crippen molar-refractivity contribution in [1.29, 1.82) is 0 Å². The zero-order valence-electron chi connectivity index (χ0n) is 14.7. The van der Waals surface area contributed by atoms with E-state index >= 15 is 0 Å². The maximum atomic E-state index is 5.87. The normalized spacial score (nSPS) is 21.1. The van der Waals surface area contributed by atoms with E-state index in [0.29, 0.717) is 18.4 Å². The molecule has 1 fully saturated rings. The van der Waals surface area contributed by atoms with E-state index in [2.05, 4.69) is 40.3 Å². The van der Waals surface area contributed by atoms with Crippen LogP contribution in [-0.4, -0.2) is 19.0 Å². The first kappa shape index (κ1) is 18.0. The van der Waals surface area contributed by atoms with Gasteiger partial charge in [-0.1, -0.05) is 30.7 Å². The van der Waals surface area contributed by atoms with Crippen molar-refractivity contribution in [2.45, 2.75) is 32.2 Å². The first-order chi connectivity index (χ1) is 12.3. The smallest absolute Gasteiger partial charge is 0.196 e. The second kappa shape index (κ2) is 9.59. The fourth-order valence-corrected chi connectivity index (χ4v) is 4.03. The van der Waals surface area contributed by atoms with Crippen molar-refractivity contribution in [3.05, 3.63) is 52.7 Å². The van der Waals surface area contributed by atoms with Crippen LogP contribution in [0.2, 0.25) is 0 Å². The van der Waals surface area contributed by atoms with Gasteiger partial charge in [-0.25, -0.2) is 4.99 Å². The Labute approximate surface area is 154 Å². The van der Waals surface area contributed by atoms with Gasteiger partial charge in [-0.2, -0.15) is 0 Å². The fourth-order valence-electron chi connectivity index (χ4n) is 3.40. The number of nitrogens with zero attached hydrogens (tertiary/aromatic N) is 1. The maximum Gasteiger partial charge on any atom is 0.196 e. The number of guanidine groups is 1. The average Bonchev–Trinajstić information content (AvgIpc) is 3.18. The van der Waals surface area contributed by atoms with Crippen molar-refractivity contribution in [2.24, 2.45) is 22.6 Å². The van der Waals surface area contributed by atoms with Crippen molar-refractivity contribution in [1.82, 2.24) is 5.32 Å². The molecular weight excluding hydrogens is 328 g/mol. The molecule has 0 radical (unpaired) electrons. The summed E-state index contributed by atoms with van der Waals surface area (Å²) in [4.78, 5) is 6.04. The first-order valence-corrected chi connectivity index (χ1v) is 10.0. The highest BCUT2D eigenvalue weighted by Gasteiger charge is 2.21. The SMILES string of the molecule is NCC1CCCC(CNC(=NCc2cccs2)Nc2ccccc2)C1. The van der Waals surface area contributed by atoms with Crippen molar-refractivity contribution in [2.75, 3.05) is 18.4 Å². The molecule has 5 heteroatoms. The molecule has 1 aromatic heterocycles. The largest absolute Gasteiger partial charge is 0.356 e. The van der Waals surface area contributed by atoms with Gasteiger partial charge in [0.15, 0.2) is 5.96 Å². The predicted molar refractivity (Wildman–Crippen MR) is 108 cm³/mol. The van der Waals surface area contributed by atoms with E-state index in [1.165, 1.54) is 30.6 Å². The van der Waals surface area contributed by atoms with Crippen LogP contribution in [0.4, 0.5) is 5.69 Å². The van der Waals surface area contributed by atoms with Gasteiger partial charge in [0.05, 0.1) is 6.54 Å². The number of thiophene rings is 1. The zero-order chi connectivity index (χ0) is 17.3. The van der Waals surface area contributed by atoms with Crippen LogP contribution in [-0.2, 0) is 6.54 Å². The van der Waals surface area contributed by atoms with E-state index in [-0.39, 0.29) is 0 Å². The molecule has 4 N–H and O–H groups in total. The second-order valence-electron chi connectivity index (χ2n) is 6.75. The quantitative estimate of drug-likeness (QED) is 0.540. The van der Waals surface area contributed by atoms with E-state index in [1.54, 1.807) is 11.3 Å². The standard InChI is InChI=1S/C20H28N4S/c21-13-16-6-4-7-17(12-16)14-22-20(23-15-19-10-5-11-25-19)24-18-8-2-1-3-9-18/h1-3,5,8-11,16-17H,4,6-7,12-15,21H2,(H2,22,23,24). The lowest BCUT2D eigenvalue weighted by molar-refractivity contribution is 0.272. The summed E-state index contributed by atoms with van der Waals surface area (Å²) >= 11 is 1.74. The Hall–Kier alpha value is -1.85. The summed E-state index contributed by atoms with van der Waals surface area (Å²) in [6.45, 7) is 2.48. The van der Waals surface area contributed by atoms with E-state index in [4.69, 9.17) is 10.7 Å². The monoisotopic (exact) mass is 356 g/mol. The van der Waals surface area contributed by atoms with E-state index in [1.807, 2.05) is 18.2 Å². The summed E-state index contributed by atoms with van der Waals surface area (Å²) in [5.74, 6) is 2.23. The molecule has 0 saturated heterocycles. The number of benzene rings is 1. The number of anilines is 1. The van der Waals surface area contributed by atoms with Crippen molar-refractivity contribution < 1.29 is 0 Å². The third kappa shape index (κ3) is 5.87. The zero-order valence-corrected chi connectivity index (χ0v) is 15.5. The Kier molecular flexibility index (Phi) is 6.89. The van der Waals surface area contributed by atoms with Gasteiger partial charge in [-0.05, 0) is 61.2 Å². The van der Waals surface area contributed by atoms with Crippen LogP contribution in [0.1, 0.15) is 30.6 Å². The van der Waals surface area contributed by atoms with Crippen LogP contribution >= 0.6 is 11.3 Å². The number of rotatable bonds is 6. The molecule has 1 aliphatic carbocycles. The lowest BCUT2D eigenvalue weighted by atomic mass is 9.81. The van der Waals surface area contributed by atoms with Gasteiger partial charge in [-0.3, -0.25) is 0 Å². The minimum absolute atomic E-state index is 0.687. The molecule has 2 atom stereocenters. The summed E-state index contributed by atoms with van der Waals surface area (Å²) in [6.07, 6.45) is 5.09. The van der Waals surface area contributed by atoms with Gasteiger partial charge in [0.25, 0.3) is 0 Å². The Bertz CT molecular complexity index is 639. The second-order valence-corrected chi connectivity index (χ2v) is 7.78. The topological polar surface area (TPSA) is 62.4 Å². The van der Waals surface area contributed by atoms with Crippen LogP contribution in [0.25, 0.3) is 0 Å². The molecule has 0 amide bonds. The summed E-state index contributed by atoms with van der Waals surface area (Å²) < 4.78 is 0. The first-order valence-electron chi connectivity index (χ1n) is 9.16. The molecule has 0 aliphatic heterocycles. The van der Waals surface area contributed by atoms with Crippen LogP contribution < -0.4 is 16.4 Å². The van der Waals surface area contributed by atoms with Gasteiger partial charge in [0.1, 0.15) is 0 Å². The lowest BCUT2D eigenvalue weighted by Gasteiger charge is -2.28. The molecule has 1 heterocycles. The Morgan fingerprint density at radius 3 is 2.72 bits per heavy atom. The highest BCUT2D eigenvalue weighted by molar-refractivity contribution is 7.09. The molecule has 3 rings (SSSR count). The number of nitrogens with one attached hydrogen (secondary N) is 2. The minimum Gasteiger partial charge on any atom is -0.356 e. The summed E-state index contributed by atoms with van der Waals surface area (Å²) in [5.41, 5.74) is 6.93. The molecule has 2 aromatic rings. The van der Waals surface area contributed by atoms with E-state index in [9.17, 15) is 0 Å². The van der Waals surface area contributed by atoms with Gasteiger partial charge >= 0.3 is 0 Å². The number of nitrogens with two attached hydrogens (primary N) is 1.